The van der Waals surface area contributed by atoms with E-state index in [0.29, 0.717) is 12.5 Å². The molecule has 2 rings (SSSR count). The van der Waals surface area contributed by atoms with E-state index >= 15 is 0 Å². The van der Waals surface area contributed by atoms with E-state index in [9.17, 15) is 0 Å². The molecule has 1 unspecified atom stereocenters. The lowest BCUT2D eigenvalue weighted by atomic mass is 10.2. The van der Waals surface area contributed by atoms with Gasteiger partial charge in [-0.1, -0.05) is 18.2 Å². The van der Waals surface area contributed by atoms with Gasteiger partial charge < -0.3 is 15.3 Å². The lowest BCUT2D eigenvalue weighted by Crippen LogP contribution is -2.41. The number of rotatable bonds is 5. The van der Waals surface area contributed by atoms with Gasteiger partial charge in [-0.3, -0.25) is 4.99 Å². The fraction of sp³-hybridized carbons (Fsp3) is 0.533. The van der Waals surface area contributed by atoms with Gasteiger partial charge in [0, 0.05) is 37.3 Å². The van der Waals surface area contributed by atoms with Crippen LogP contribution in [0.4, 0.5) is 0 Å². The van der Waals surface area contributed by atoms with Crippen LogP contribution in [0.3, 0.4) is 0 Å². The quantitative estimate of drug-likeness (QED) is 0.332. The monoisotopic (exact) mass is 421 g/mol. The van der Waals surface area contributed by atoms with Crippen LogP contribution in [0.15, 0.2) is 40.2 Å². The summed E-state index contributed by atoms with van der Waals surface area (Å²) in [4.78, 5) is 7.90. The van der Waals surface area contributed by atoms with Crippen LogP contribution in [0.5, 0.6) is 0 Å². The number of nitrogens with zero attached hydrogens (tertiary/aromatic N) is 2. The smallest absolute Gasteiger partial charge is 0.193 e. The molecule has 4 nitrogen and oxygen atoms in total. The lowest BCUT2D eigenvalue weighted by Gasteiger charge is -2.21. The van der Waals surface area contributed by atoms with Gasteiger partial charge in [-0.15, -0.1) is 35.7 Å². The minimum Gasteiger partial charge on any atom is -0.395 e. The normalized spacial score (nSPS) is 18.5. The molecule has 1 fully saturated rings. The summed E-state index contributed by atoms with van der Waals surface area (Å²) < 4.78 is 0. The highest BCUT2D eigenvalue weighted by Gasteiger charge is 2.24. The molecule has 0 spiro atoms. The van der Waals surface area contributed by atoms with Crippen molar-refractivity contribution in [1.82, 2.24) is 10.2 Å². The predicted molar refractivity (Wildman–Crippen MR) is 101 cm³/mol. The third-order valence-electron chi connectivity index (χ3n) is 3.42. The van der Waals surface area contributed by atoms with Crippen molar-refractivity contribution in [3.8, 4) is 0 Å². The largest absolute Gasteiger partial charge is 0.395 e. The number of guanidine groups is 1. The first kappa shape index (κ1) is 18.6. The average Bonchev–Trinajstić information content (AvgIpc) is 2.96. The summed E-state index contributed by atoms with van der Waals surface area (Å²) in [5, 5.41) is 12.1. The number of halogens is 1. The number of thioether (sulfide) groups is 1. The van der Waals surface area contributed by atoms with Crippen molar-refractivity contribution < 1.29 is 5.11 Å². The van der Waals surface area contributed by atoms with Crippen LogP contribution in [0, 0.1) is 5.92 Å². The first-order chi connectivity index (χ1) is 9.83. The molecule has 0 saturated carbocycles. The zero-order valence-corrected chi connectivity index (χ0v) is 15.5. The molecule has 21 heavy (non-hydrogen) atoms. The molecule has 118 valence electrons. The maximum Gasteiger partial charge on any atom is 0.193 e. The Morgan fingerprint density at radius 3 is 2.86 bits per heavy atom. The first-order valence-electron chi connectivity index (χ1n) is 7.07. The number of aliphatic imine (C=N–C) groups is 1. The molecule has 6 heteroatoms. The number of nitrogens with one attached hydrogen (secondary N) is 1. The van der Waals surface area contributed by atoms with Gasteiger partial charge in [0.05, 0.1) is 6.61 Å². The van der Waals surface area contributed by atoms with Gasteiger partial charge >= 0.3 is 0 Å². The number of aliphatic hydroxyl groups excluding tert-OH is 1. The van der Waals surface area contributed by atoms with Crippen LogP contribution < -0.4 is 5.32 Å². The summed E-state index contributed by atoms with van der Waals surface area (Å²) in [6.45, 7) is 2.79. The fourth-order valence-corrected chi connectivity index (χ4v) is 3.44. The molecule has 0 radical (unpaired) electrons. The van der Waals surface area contributed by atoms with Gasteiger partial charge in [0.25, 0.3) is 0 Å². The fourth-order valence-electron chi connectivity index (χ4n) is 2.39. The van der Waals surface area contributed by atoms with Crippen LogP contribution in [-0.2, 0) is 0 Å². The molecule has 1 aliphatic heterocycles. The molecular weight excluding hydrogens is 397 g/mol. The summed E-state index contributed by atoms with van der Waals surface area (Å²) in [6.07, 6.45) is 1.21. The van der Waals surface area contributed by atoms with E-state index in [0.717, 1.165) is 24.8 Å². The van der Waals surface area contributed by atoms with Crippen LogP contribution >= 0.6 is 35.7 Å². The predicted octanol–water partition coefficient (Wildman–Crippen LogP) is 2.29. The molecule has 1 aromatic carbocycles. The Kier molecular flexibility index (Phi) is 9.10. The Balaban J connectivity index is 0.00000220. The third-order valence-corrected chi connectivity index (χ3v) is 4.66. The van der Waals surface area contributed by atoms with Crippen molar-refractivity contribution in [1.29, 1.82) is 0 Å². The van der Waals surface area contributed by atoms with Gasteiger partial charge in [0.15, 0.2) is 5.96 Å². The van der Waals surface area contributed by atoms with E-state index in [1.54, 1.807) is 7.05 Å². The van der Waals surface area contributed by atoms with Gasteiger partial charge in [-0.05, 0) is 24.5 Å². The summed E-state index contributed by atoms with van der Waals surface area (Å²) in [7, 11) is 1.80. The maximum atomic E-state index is 8.88. The molecule has 0 aromatic heterocycles. The second kappa shape index (κ2) is 10.3. The van der Waals surface area contributed by atoms with E-state index in [1.807, 2.05) is 11.8 Å². The minimum atomic E-state index is 0. The molecule has 1 aromatic rings. The third kappa shape index (κ3) is 6.04. The molecular formula is C15H24IN3OS. The van der Waals surface area contributed by atoms with Gasteiger partial charge in [-0.2, -0.15) is 0 Å². The molecule has 0 aliphatic carbocycles. The van der Waals surface area contributed by atoms with E-state index in [2.05, 4.69) is 45.5 Å². The molecule has 1 aliphatic rings. The molecule has 1 saturated heterocycles. The highest BCUT2D eigenvalue weighted by Crippen LogP contribution is 2.25. The zero-order chi connectivity index (χ0) is 14.2. The van der Waals surface area contributed by atoms with E-state index in [-0.39, 0.29) is 30.6 Å². The van der Waals surface area contributed by atoms with Crippen LogP contribution in [0.2, 0.25) is 0 Å². The van der Waals surface area contributed by atoms with Crippen molar-refractivity contribution in [3.05, 3.63) is 30.3 Å². The Labute approximate surface area is 148 Å². The maximum absolute atomic E-state index is 8.88. The summed E-state index contributed by atoms with van der Waals surface area (Å²) >= 11 is 1.93. The highest BCUT2D eigenvalue weighted by atomic mass is 127. The molecule has 0 bridgehead atoms. The average molecular weight is 421 g/mol. The standard InChI is InChI=1S/C15H23N3OS.HI/c1-16-15(17-8-10-19)18-9-7-13(11-18)12-20-14-5-3-2-4-6-14;/h2-6,13,19H,7-12H2,1H3,(H,16,17);1H. The second-order valence-corrected chi connectivity index (χ2v) is 6.02. The van der Waals surface area contributed by atoms with E-state index < -0.39 is 0 Å². The van der Waals surface area contributed by atoms with E-state index in [4.69, 9.17) is 5.11 Å². The Morgan fingerprint density at radius 2 is 2.19 bits per heavy atom. The van der Waals surface area contributed by atoms with Crippen LogP contribution in [0.1, 0.15) is 6.42 Å². The van der Waals surface area contributed by atoms with Gasteiger partial charge in [-0.25, -0.2) is 0 Å². The number of hydrogen-bond acceptors (Lipinski definition) is 3. The van der Waals surface area contributed by atoms with Gasteiger partial charge in [0.2, 0.25) is 0 Å². The van der Waals surface area contributed by atoms with Crippen LogP contribution in [0.25, 0.3) is 0 Å². The van der Waals surface area contributed by atoms with Crippen molar-refractivity contribution >= 4 is 41.7 Å². The summed E-state index contributed by atoms with van der Waals surface area (Å²) in [5.74, 6) is 2.76. The number of aliphatic hydroxyl groups is 1. The molecule has 1 atom stereocenters. The van der Waals surface area contributed by atoms with Crippen molar-refractivity contribution in [2.45, 2.75) is 11.3 Å². The number of hydrogen-bond donors (Lipinski definition) is 2. The topological polar surface area (TPSA) is 47.9 Å². The Bertz CT molecular complexity index is 430. The number of benzene rings is 1. The number of likely N-dealkylation sites (tertiary alicyclic amines) is 1. The lowest BCUT2D eigenvalue weighted by molar-refractivity contribution is 0.297. The zero-order valence-electron chi connectivity index (χ0n) is 12.4. The Morgan fingerprint density at radius 1 is 1.43 bits per heavy atom. The summed E-state index contributed by atoms with van der Waals surface area (Å²) in [5.41, 5.74) is 0. The van der Waals surface area contributed by atoms with Crippen molar-refractivity contribution in [2.24, 2.45) is 10.9 Å². The molecule has 0 amide bonds. The highest BCUT2D eigenvalue weighted by molar-refractivity contribution is 14.0. The van der Waals surface area contributed by atoms with E-state index in [1.165, 1.54) is 11.3 Å². The Hall–Kier alpha value is -0.470. The van der Waals surface area contributed by atoms with Crippen molar-refractivity contribution in [3.63, 3.8) is 0 Å². The minimum absolute atomic E-state index is 0. The molecule has 1 heterocycles. The SMILES string of the molecule is CN=C(NCCO)N1CCC(CSc2ccccc2)C1.I. The molecule has 2 N–H and O–H groups in total. The second-order valence-electron chi connectivity index (χ2n) is 4.92. The first-order valence-corrected chi connectivity index (χ1v) is 8.06. The van der Waals surface area contributed by atoms with Gasteiger partial charge in [0.1, 0.15) is 0 Å². The van der Waals surface area contributed by atoms with Crippen LogP contribution in [-0.4, -0.2) is 55.0 Å². The van der Waals surface area contributed by atoms with Crippen molar-refractivity contribution in [2.75, 3.05) is 39.0 Å². The summed E-state index contributed by atoms with van der Waals surface area (Å²) in [6, 6.07) is 10.6.